The van der Waals surface area contributed by atoms with Crippen molar-refractivity contribution in [2.45, 2.75) is 13.0 Å². The van der Waals surface area contributed by atoms with Crippen molar-refractivity contribution < 1.29 is 14.3 Å². The number of amides is 1. The van der Waals surface area contributed by atoms with Crippen LogP contribution in [0.15, 0.2) is 60.7 Å². The molecule has 5 nitrogen and oxygen atoms in total. The maximum absolute atomic E-state index is 13.3. The van der Waals surface area contributed by atoms with E-state index in [2.05, 4.69) is 10.6 Å². The molecule has 0 radical (unpaired) electrons. The van der Waals surface area contributed by atoms with Crippen LogP contribution in [0.2, 0.25) is 10.0 Å². The molecule has 3 rings (SSSR count). The first-order valence-corrected chi connectivity index (χ1v) is 9.98. The highest BCUT2D eigenvalue weighted by molar-refractivity contribution is 6.36. The molecule has 1 atom stereocenters. The number of nitrogens with one attached hydrogen (secondary N) is 2. The van der Waals surface area contributed by atoms with E-state index in [9.17, 15) is 4.79 Å². The van der Waals surface area contributed by atoms with Crippen LogP contribution in [0.1, 0.15) is 17.2 Å². The lowest BCUT2D eigenvalue weighted by Crippen LogP contribution is -2.28. The molecule has 0 bridgehead atoms. The van der Waals surface area contributed by atoms with Gasteiger partial charge in [0.15, 0.2) is 11.5 Å². The Kier molecular flexibility index (Phi) is 7.08. The van der Waals surface area contributed by atoms with Gasteiger partial charge in [0.05, 0.1) is 24.9 Å². The lowest BCUT2D eigenvalue weighted by molar-refractivity contribution is -0.117. The molecule has 0 aliphatic heterocycles. The number of rotatable bonds is 7. The summed E-state index contributed by atoms with van der Waals surface area (Å²) in [6.07, 6.45) is 0. The van der Waals surface area contributed by atoms with Crippen LogP contribution >= 0.6 is 23.2 Å². The Morgan fingerprint density at radius 1 is 0.933 bits per heavy atom. The maximum Gasteiger partial charge on any atom is 0.251 e. The van der Waals surface area contributed by atoms with Crippen LogP contribution in [-0.2, 0) is 4.79 Å². The van der Waals surface area contributed by atoms with E-state index in [0.717, 1.165) is 11.1 Å². The van der Waals surface area contributed by atoms with Gasteiger partial charge in [-0.2, -0.15) is 0 Å². The average molecular weight is 445 g/mol. The predicted octanol–water partition coefficient (Wildman–Crippen LogP) is 6.11. The summed E-state index contributed by atoms with van der Waals surface area (Å²) in [4.78, 5) is 13.3. The third-order valence-corrected chi connectivity index (χ3v) is 5.19. The lowest BCUT2D eigenvalue weighted by atomic mass is 10.00. The smallest absolute Gasteiger partial charge is 0.251 e. The van der Waals surface area contributed by atoms with E-state index in [1.165, 1.54) is 0 Å². The number of benzene rings is 3. The molecule has 0 saturated heterocycles. The lowest BCUT2D eigenvalue weighted by Gasteiger charge is -2.22. The molecule has 0 aliphatic carbocycles. The highest BCUT2D eigenvalue weighted by atomic mass is 35.5. The van der Waals surface area contributed by atoms with Gasteiger partial charge in [-0.05, 0) is 48.4 Å². The molecular formula is C23H22Cl2N2O3. The minimum Gasteiger partial charge on any atom is -0.493 e. The molecule has 0 spiro atoms. The minimum atomic E-state index is -0.682. The molecule has 1 unspecified atom stereocenters. The van der Waals surface area contributed by atoms with E-state index in [1.54, 1.807) is 50.6 Å². The summed E-state index contributed by atoms with van der Waals surface area (Å²) in [5, 5.41) is 7.13. The first kappa shape index (κ1) is 21.8. The van der Waals surface area contributed by atoms with Crippen molar-refractivity contribution >= 4 is 40.5 Å². The van der Waals surface area contributed by atoms with Crippen LogP contribution in [0, 0.1) is 6.92 Å². The summed E-state index contributed by atoms with van der Waals surface area (Å²) in [5.74, 6) is 0.857. The Labute approximate surface area is 185 Å². The van der Waals surface area contributed by atoms with E-state index in [1.807, 2.05) is 31.2 Å². The Bertz CT molecular complexity index is 1060. The van der Waals surface area contributed by atoms with Crippen molar-refractivity contribution in [2.75, 3.05) is 24.9 Å². The monoisotopic (exact) mass is 444 g/mol. The topological polar surface area (TPSA) is 59.6 Å². The van der Waals surface area contributed by atoms with Crippen LogP contribution < -0.4 is 20.1 Å². The molecule has 30 heavy (non-hydrogen) atoms. The molecule has 0 aromatic heterocycles. The van der Waals surface area contributed by atoms with Crippen LogP contribution in [0.4, 0.5) is 11.4 Å². The number of hydrogen-bond donors (Lipinski definition) is 2. The highest BCUT2D eigenvalue weighted by Crippen LogP contribution is 2.32. The zero-order valence-corrected chi connectivity index (χ0v) is 18.3. The fourth-order valence-electron chi connectivity index (χ4n) is 3.09. The molecular weight excluding hydrogens is 423 g/mol. The number of methoxy groups -OCH3 is 2. The quantitative estimate of drug-likeness (QED) is 0.461. The molecule has 3 aromatic carbocycles. The molecule has 0 fully saturated rings. The van der Waals surface area contributed by atoms with E-state index in [0.29, 0.717) is 32.9 Å². The van der Waals surface area contributed by atoms with Gasteiger partial charge >= 0.3 is 0 Å². The standard InChI is InChI=1S/C23H22Cl2N2O3/c1-14-6-4-5-7-17(14)22(27-19-10-8-15(24)12-18(19)25)23(28)26-16-9-11-20(29-2)21(13-16)30-3/h4-13,22,27H,1-3H3,(H,26,28). The average Bonchev–Trinajstić information content (AvgIpc) is 2.73. The van der Waals surface area contributed by atoms with Crippen LogP contribution in [0.25, 0.3) is 0 Å². The first-order chi connectivity index (χ1) is 14.4. The Balaban J connectivity index is 1.93. The van der Waals surface area contributed by atoms with Gasteiger partial charge in [0.2, 0.25) is 0 Å². The van der Waals surface area contributed by atoms with Crippen molar-refractivity contribution in [3.05, 3.63) is 81.8 Å². The number of halogens is 2. The number of ether oxygens (including phenoxy) is 2. The molecule has 7 heteroatoms. The van der Waals surface area contributed by atoms with Crippen molar-refractivity contribution in [3.63, 3.8) is 0 Å². The van der Waals surface area contributed by atoms with E-state index in [-0.39, 0.29) is 5.91 Å². The van der Waals surface area contributed by atoms with Gasteiger partial charge in [0, 0.05) is 16.8 Å². The molecule has 0 saturated carbocycles. The molecule has 0 aliphatic rings. The minimum absolute atomic E-state index is 0.248. The fraction of sp³-hybridized carbons (Fsp3) is 0.174. The Hall–Kier alpha value is -2.89. The molecule has 156 valence electrons. The van der Waals surface area contributed by atoms with E-state index >= 15 is 0 Å². The fourth-order valence-corrected chi connectivity index (χ4v) is 3.55. The SMILES string of the molecule is COc1ccc(NC(=O)C(Nc2ccc(Cl)cc2Cl)c2ccccc2C)cc1OC. The van der Waals surface area contributed by atoms with Gasteiger partial charge in [0.1, 0.15) is 6.04 Å². The van der Waals surface area contributed by atoms with Crippen molar-refractivity contribution in [3.8, 4) is 11.5 Å². The third-order valence-electron chi connectivity index (χ3n) is 4.64. The van der Waals surface area contributed by atoms with Gasteiger partial charge < -0.3 is 20.1 Å². The zero-order valence-electron chi connectivity index (χ0n) is 16.8. The maximum atomic E-state index is 13.3. The number of aryl methyl sites for hydroxylation is 1. The molecule has 2 N–H and O–H groups in total. The molecule has 0 heterocycles. The van der Waals surface area contributed by atoms with Crippen molar-refractivity contribution in [2.24, 2.45) is 0 Å². The summed E-state index contributed by atoms with van der Waals surface area (Å²) in [6, 6.07) is 17.3. The van der Waals surface area contributed by atoms with Gasteiger partial charge in [0.25, 0.3) is 5.91 Å². The molecule has 3 aromatic rings. The van der Waals surface area contributed by atoms with Crippen molar-refractivity contribution in [1.29, 1.82) is 0 Å². The van der Waals surface area contributed by atoms with Crippen molar-refractivity contribution in [1.82, 2.24) is 0 Å². The van der Waals surface area contributed by atoms with Gasteiger partial charge in [-0.1, -0.05) is 47.5 Å². The summed E-state index contributed by atoms with van der Waals surface area (Å²) in [7, 11) is 3.10. The van der Waals surface area contributed by atoms with E-state index < -0.39 is 6.04 Å². The van der Waals surface area contributed by atoms with Crippen LogP contribution in [-0.4, -0.2) is 20.1 Å². The Morgan fingerprint density at radius 3 is 2.33 bits per heavy atom. The Morgan fingerprint density at radius 2 is 1.67 bits per heavy atom. The highest BCUT2D eigenvalue weighted by Gasteiger charge is 2.23. The summed E-state index contributed by atoms with van der Waals surface area (Å²) in [6.45, 7) is 1.96. The summed E-state index contributed by atoms with van der Waals surface area (Å²) < 4.78 is 10.6. The largest absolute Gasteiger partial charge is 0.493 e. The van der Waals surface area contributed by atoms with Crippen LogP contribution in [0.3, 0.4) is 0 Å². The number of anilines is 2. The van der Waals surface area contributed by atoms with Gasteiger partial charge in [-0.25, -0.2) is 0 Å². The summed E-state index contributed by atoms with van der Waals surface area (Å²) in [5.41, 5.74) is 3.00. The second kappa shape index (κ2) is 9.74. The second-order valence-corrected chi connectivity index (χ2v) is 7.46. The molecule has 1 amide bonds. The predicted molar refractivity (Wildman–Crippen MR) is 122 cm³/mol. The summed E-state index contributed by atoms with van der Waals surface area (Å²) >= 11 is 12.3. The zero-order chi connectivity index (χ0) is 21.7. The second-order valence-electron chi connectivity index (χ2n) is 6.62. The number of carbonyl (C=O) groups excluding carboxylic acids is 1. The van der Waals surface area contributed by atoms with Crippen LogP contribution in [0.5, 0.6) is 11.5 Å². The first-order valence-electron chi connectivity index (χ1n) is 9.23. The van der Waals surface area contributed by atoms with Gasteiger partial charge in [-0.15, -0.1) is 0 Å². The number of carbonyl (C=O) groups is 1. The van der Waals surface area contributed by atoms with Gasteiger partial charge in [-0.3, -0.25) is 4.79 Å². The normalized spacial score (nSPS) is 11.5. The number of hydrogen-bond acceptors (Lipinski definition) is 4. The van der Waals surface area contributed by atoms with E-state index in [4.69, 9.17) is 32.7 Å². The third kappa shape index (κ3) is 4.99.